The van der Waals surface area contributed by atoms with Gasteiger partial charge in [-0.1, -0.05) is 23.7 Å². The number of ether oxygens (including phenoxy) is 1. The van der Waals surface area contributed by atoms with Crippen molar-refractivity contribution in [3.8, 4) is 11.5 Å². The number of aliphatic hydroxyl groups excluding tert-OH is 1. The summed E-state index contributed by atoms with van der Waals surface area (Å²) in [6.07, 6.45) is -0.534. The summed E-state index contributed by atoms with van der Waals surface area (Å²) in [6.45, 7) is 1.68. The van der Waals surface area contributed by atoms with Crippen LogP contribution >= 0.6 is 27.5 Å². The van der Waals surface area contributed by atoms with E-state index in [-0.39, 0.29) is 5.02 Å². The Hall–Kier alpha value is -1.10. The van der Waals surface area contributed by atoms with E-state index in [9.17, 15) is 9.50 Å². The third-order valence-corrected chi connectivity index (χ3v) is 3.47. The SMILES string of the molecule is C[C@H](O)c1ccc(Oc2cc(F)c(Cl)cc2Br)cc1. The zero-order valence-electron chi connectivity index (χ0n) is 10.0. The molecule has 19 heavy (non-hydrogen) atoms. The van der Waals surface area contributed by atoms with Gasteiger partial charge in [-0.3, -0.25) is 0 Å². The molecule has 2 aromatic rings. The quantitative estimate of drug-likeness (QED) is 0.785. The third kappa shape index (κ3) is 3.47. The Kier molecular flexibility index (Phi) is 4.45. The van der Waals surface area contributed by atoms with E-state index in [1.54, 1.807) is 31.2 Å². The summed E-state index contributed by atoms with van der Waals surface area (Å²) in [5.74, 6) is 0.346. The molecule has 0 aliphatic heterocycles. The second-order valence-electron chi connectivity index (χ2n) is 4.04. The van der Waals surface area contributed by atoms with Gasteiger partial charge in [0.05, 0.1) is 15.6 Å². The summed E-state index contributed by atoms with van der Waals surface area (Å²) < 4.78 is 19.5. The zero-order chi connectivity index (χ0) is 14.0. The van der Waals surface area contributed by atoms with Crippen molar-refractivity contribution in [3.05, 3.63) is 57.3 Å². The molecule has 0 aliphatic rings. The number of benzene rings is 2. The number of aliphatic hydroxyl groups is 1. The Morgan fingerprint density at radius 3 is 2.47 bits per heavy atom. The molecule has 2 aromatic carbocycles. The standard InChI is InChI=1S/C14H11BrClFO2/c1-8(18)9-2-4-10(5-3-9)19-14-7-13(17)12(16)6-11(14)15/h2-8,18H,1H3/t8-/m0/s1. The fraction of sp³-hybridized carbons (Fsp3) is 0.143. The lowest BCUT2D eigenvalue weighted by atomic mass is 10.1. The molecular weight excluding hydrogens is 335 g/mol. The first kappa shape index (κ1) is 14.3. The molecule has 0 radical (unpaired) electrons. The first-order valence-corrected chi connectivity index (χ1v) is 6.75. The molecule has 0 spiro atoms. The molecule has 0 unspecified atom stereocenters. The molecule has 0 aromatic heterocycles. The van der Waals surface area contributed by atoms with Crippen molar-refractivity contribution in [2.45, 2.75) is 13.0 Å². The van der Waals surface area contributed by atoms with Gasteiger partial charge in [0.2, 0.25) is 0 Å². The number of halogens is 3. The maximum Gasteiger partial charge on any atom is 0.145 e. The Labute approximate surface area is 123 Å². The highest BCUT2D eigenvalue weighted by Gasteiger charge is 2.09. The van der Waals surface area contributed by atoms with E-state index in [2.05, 4.69) is 15.9 Å². The average molecular weight is 346 g/mol. The fourth-order valence-electron chi connectivity index (χ4n) is 1.52. The molecule has 0 saturated heterocycles. The van der Waals surface area contributed by atoms with Crippen LogP contribution in [-0.4, -0.2) is 5.11 Å². The summed E-state index contributed by atoms with van der Waals surface area (Å²) in [7, 11) is 0. The molecule has 5 heteroatoms. The van der Waals surface area contributed by atoms with Crippen LogP contribution in [0.3, 0.4) is 0 Å². The Bertz CT molecular complexity index is 585. The van der Waals surface area contributed by atoms with Gasteiger partial charge in [0.1, 0.15) is 17.3 Å². The Balaban J connectivity index is 2.24. The molecule has 0 amide bonds. The molecule has 0 fully saturated rings. The minimum Gasteiger partial charge on any atom is -0.456 e. The predicted molar refractivity (Wildman–Crippen MR) is 76.3 cm³/mol. The molecule has 0 saturated carbocycles. The summed E-state index contributed by atoms with van der Waals surface area (Å²) in [5.41, 5.74) is 0.786. The van der Waals surface area contributed by atoms with Crippen LogP contribution in [0.5, 0.6) is 11.5 Å². The van der Waals surface area contributed by atoms with Crippen LogP contribution in [0.15, 0.2) is 40.9 Å². The molecule has 2 nitrogen and oxygen atoms in total. The van der Waals surface area contributed by atoms with Crippen LogP contribution in [0, 0.1) is 5.82 Å². The monoisotopic (exact) mass is 344 g/mol. The molecule has 1 N–H and O–H groups in total. The number of hydrogen-bond acceptors (Lipinski definition) is 2. The highest BCUT2D eigenvalue weighted by Crippen LogP contribution is 2.34. The van der Waals surface area contributed by atoms with Crippen molar-refractivity contribution < 1.29 is 14.2 Å². The first-order valence-electron chi connectivity index (χ1n) is 5.58. The zero-order valence-corrected chi connectivity index (χ0v) is 12.4. The van der Waals surface area contributed by atoms with Gasteiger partial charge in [-0.2, -0.15) is 0 Å². The van der Waals surface area contributed by atoms with Gasteiger partial charge in [0.15, 0.2) is 0 Å². The van der Waals surface area contributed by atoms with Gasteiger partial charge in [-0.05, 0) is 46.6 Å². The molecule has 100 valence electrons. The Morgan fingerprint density at radius 2 is 1.89 bits per heavy atom. The summed E-state index contributed by atoms with van der Waals surface area (Å²) in [6, 6.07) is 9.58. The van der Waals surface area contributed by atoms with Gasteiger partial charge in [0, 0.05) is 6.07 Å². The normalized spacial score (nSPS) is 12.3. The van der Waals surface area contributed by atoms with Crippen LogP contribution in [0.4, 0.5) is 4.39 Å². The predicted octanol–water partition coefficient (Wildman–Crippen LogP) is 5.09. The fourth-order valence-corrected chi connectivity index (χ4v) is 2.24. The van der Waals surface area contributed by atoms with Crippen LogP contribution in [-0.2, 0) is 0 Å². The van der Waals surface area contributed by atoms with Crippen LogP contribution < -0.4 is 4.74 Å². The van der Waals surface area contributed by atoms with Crippen molar-refractivity contribution >= 4 is 27.5 Å². The molecule has 0 bridgehead atoms. The van der Waals surface area contributed by atoms with E-state index in [0.29, 0.717) is 16.0 Å². The van der Waals surface area contributed by atoms with Gasteiger partial charge in [0.25, 0.3) is 0 Å². The van der Waals surface area contributed by atoms with Crippen LogP contribution in [0.1, 0.15) is 18.6 Å². The van der Waals surface area contributed by atoms with Gasteiger partial charge in [-0.15, -0.1) is 0 Å². The molecule has 0 heterocycles. The maximum absolute atomic E-state index is 13.4. The molecule has 2 rings (SSSR count). The highest BCUT2D eigenvalue weighted by molar-refractivity contribution is 9.10. The third-order valence-electron chi connectivity index (χ3n) is 2.57. The summed E-state index contributed by atoms with van der Waals surface area (Å²) >= 11 is 8.92. The lowest BCUT2D eigenvalue weighted by Crippen LogP contribution is -1.91. The van der Waals surface area contributed by atoms with E-state index in [4.69, 9.17) is 16.3 Å². The van der Waals surface area contributed by atoms with E-state index in [1.165, 1.54) is 12.1 Å². The summed E-state index contributed by atoms with van der Waals surface area (Å²) in [5, 5.41) is 9.43. The lowest BCUT2D eigenvalue weighted by molar-refractivity contribution is 0.199. The van der Waals surface area contributed by atoms with Gasteiger partial charge in [-0.25, -0.2) is 4.39 Å². The second kappa shape index (κ2) is 5.90. The van der Waals surface area contributed by atoms with Crippen molar-refractivity contribution in [3.63, 3.8) is 0 Å². The van der Waals surface area contributed by atoms with E-state index in [1.807, 2.05) is 0 Å². The van der Waals surface area contributed by atoms with E-state index in [0.717, 1.165) is 5.56 Å². The molecular formula is C14H11BrClFO2. The van der Waals surface area contributed by atoms with E-state index < -0.39 is 11.9 Å². The molecule has 1 atom stereocenters. The smallest absolute Gasteiger partial charge is 0.145 e. The number of rotatable bonds is 3. The van der Waals surface area contributed by atoms with Crippen molar-refractivity contribution in [2.24, 2.45) is 0 Å². The van der Waals surface area contributed by atoms with Crippen LogP contribution in [0.2, 0.25) is 5.02 Å². The largest absolute Gasteiger partial charge is 0.456 e. The van der Waals surface area contributed by atoms with E-state index >= 15 is 0 Å². The lowest BCUT2D eigenvalue weighted by Gasteiger charge is -2.10. The van der Waals surface area contributed by atoms with Gasteiger partial charge < -0.3 is 9.84 Å². The van der Waals surface area contributed by atoms with Crippen molar-refractivity contribution in [2.75, 3.05) is 0 Å². The topological polar surface area (TPSA) is 29.5 Å². The van der Waals surface area contributed by atoms with Crippen LogP contribution in [0.25, 0.3) is 0 Å². The first-order chi connectivity index (χ1) is 8.97. The Morgan fingerprint density at radius 1 is 1.26 bits per heavy atom. The van der Waals surface area contributed by atoms with Gasteiger partial charge >= 0.3 is 0 Å². The van der Waals surface area contributed by atoms with Crippen molar-refractivity contribution in [1.29, 1.82) is 0 Å². The average Bonchev–Trinajstić information content (AvgIpc) is 2.36. The van der Waals surface area contributed by atoms with Crippen molar-refractivity contribution in [1.82, 2.24) is 0 Å². The number of hydrogen-bond donors (Lipinski definition) is 1. The second-order valence-corrected chi connectivity index (χ2v) is 5.31. The highest BCUT2D eigenvalue weighted by atomic mass is 79.9. The molecule has 0 aliphatic carbocycles. The minimum atomic E-state index is -0.541. The maximum atomic E-state index is 13.4. The minimum absolute atomic E-state index is 0.0312. The summed E-state index contributed by atoms with van der Waals surface area (Å²) in [4.78, 5) is 0.